The molecule has 0 atom stereocenters. The average molecular weight is 440 g/mol. The van der Waals surface area contributed by atoms with Crippen molar-refractivity contribution in [3.63, 3.8) is 0 Å². The second kappa shape index (κ2) is 9.74. The Morgan fingerprint density at radius 3 is 2.32 bits per heavy atom. The van der Waals surface area contributed by atoms with Gasteiger partial charge in [-0.1, -0.05) is 53.0 Å². The number of nitrogens with one attached hydrogen (secondary N) is 1. The van der Waals surface area contributed by atoms with E-state index < -0.39 is 15.9 Å². The lowest BCUT2D eigenvalue weighted by molar-refractivity contribution is -0.0258. The van der Waals surface area contributed by atoms with Gasteiger partial charge in [0.1, 0.15) is 0 Å². The van der Waals surface area contributed by atoms with Crippen molar-refractivity contribution in [2.24, 2.45) is 0 Å². The molecular formula is C23H25N3O4S. The third kappa shape index (κ3) is 5.29. The van der Waals surface area contributed by atoms with Gasteiger partial charge in [0.25, 0.3) is 15.9 Å². The fourth-order valence-corrected chi connectivity index (χ4v) is 4.11. The van der Waals surface area contributed by atoms with E-state index in [9.17, 15) is 13.2 Å². The Balaban J connectivity index is 1.83. The summed E-state index contributed by atoms with van der Waals surface area (Å²) < 4.78 is 25.7. The highest BCUT2D eigenvalue weighted by molar-refractivity contribution is 7.89. The number of carbonyl (C=O) groups excluding carboxylic acids is 1. The van der Waals surface area contributed by atoms with Crippen LogP contribution in [0.15, 0.2) is 83.8 Å². The predicted octanol–water partition coefficient (Wildman–Crippen LogP) is 3.76. The lowest BCUT2D eigenvalue weighted by Gasteiger charge is -2.23. The van der Waals surface area contributed by atoms with E-state index in [1.807, 2.05) is 66.5 Å². The van der Waals surface area contributed by atoms with Gasteiger partial charge in [-0.3, -0.25) is 9.63 Å². The molecule has 0 saturated carbocycles. The maximum Gasteiger partial charge on any atom is 0.264 e. The van der Waals surface area contributed by atoms with Gasteiger partial charge < -0.3 is 10.2 Å². The molecule has 1 N–H and O–H groups in total. The summed E-state index contributed by atoms with van der Waals surface area (Å²) in [4.78, 5) is 19.7. The van der Waals surface area contributed by atoms with E-state index in [0.29, 0.717) is 12.2 Å². The van der Waals surface area contributed by atoms with E-state index in [2.05, 4.69) is 5.32 Å². The van der Waals surface area contributed by atoms with Crippen molar-refractivity contribution in [2.75, 3.05) is 31.4 Å². The van der Waals surface area contributed by atoms with E-state index in [-0.39, 0.29) is 10.5 Å². The molecule has 7 nitrogen and oxygen atoms in total. The minimum Gasteiger partial charge on any atom is -0.369 e. The number of nitrogens with zero attached hydrogens (tertiary/aromatic N) is 2. The zero-order valence-corrected chi connectivity index (χ0v) is 18.5. The first-order chi connectivity index (χ1) is 14.8. The number of sulfonamides is 1. The maximum atomic E-state index is 12.9. The number of carbonyl (C=O) groups is 1. The standard InChI is InChI=1S/C23H25N3O4S/c1-25(17-18-10-5-4-6-11-18)22-15-8-7-14-21(22)24-23(27)19-12-9-13-20(16-19)31(28,29)26(2)30-3/h4-16H,17H2,1-3H3,(H,24,27). The smallest absolute Gasteiger partial charge is 0.264 e. The lowest BCUT2D eigenvalue weighted by atomic mass is 10.1. The molecule has 0 bridgehead atoms. The summed E-state index contributed by atoms with van der Waals surface area (Å²) >= 11 is 0. The highest BCUT2D eigenvalue weighted by atomic mass is 32.2. The Kier molecular flexibility index (Phi) is 7.06. The highest BCUT2D eigenvalue weighted by Crippen LogP contribution is 2.27. The maximum absolute atomic E-state index is 12.9. The van der Waals surface area contributed by atoms with Crippen molar-refractivity contribution in [3.05, 3.63) is 90.0 Å². The largest absolute Gasteiger partial charge is 0.369 e. The number of hydrogen-bond acceptors (Lipinski definition) is 5. The second-order valence-corrected chi connectivity index (χ2v) is 8.87. The van der Waals surface area contributed by atoms with Crippen LogP contribution in [0, 0.1) is 0 Å². The van der Waals surface area contributed by atoms with Gasteiger partial charge in [-0.05, 0) is 35.9 Å². The topological polar surface area (TPSA) is 78.9 Å². The molecule has 0 aliphatic heterocycles. The van der Waals surface area contributed by atoms with Crippen LogP contribution >= 0.6 is 0 Å². The molecule has 3 aromatic rings. The zero-order chi connectivity index (χ0) is 22.4. The van der Waals surface area contributed by atoms with Gasteiger partial charge in [-0.15, -0.1) is 0 Å². The molecule has 0 aromatic heterocycles. The number of hydroxylamine groups is 1. The molecule has 0 fully saturated rings. The molecule has 0 aliphatic rings. The Hall–Kier alpha value is -3.20. The Bertz CT molecular complexity index is 1150. The first-order valence-corrected chi connectivity index (χ1v) is 11.1. The van der Waals surface area contributed by atoms with Crippen LogP contribution in [0.3, 0.4) is 0 Å². The molecule has 0 spiro atoms. The highest BCUT2D eigenvalue weighted by Gasteiger charge is 2.22. The van der Waals surface area contributed by atoms with Gasteiger partial charge in [0.2, 0.25) is 0 Å². The third-order valence-corrected chi connectivity index (χ3v) is 6.49. The average Bonchev–Trinajstić information content (AvgIpc) is 2.79. The number of hydrogen-bond donors (Lipinski definition) is 1. The zero-order valence-electron chi connectivity index (χ0n) is 17.6. The molecule has 0 unspecified atom stereocenters. The van der Waals surface area contributed by atoms with Crippen LogP contribution in [0.1, 0.15) is 15.9 Å². The minimum absolute atomic E-state index is 0.0287. The Morgan fingerprint density at radius 2 is 1.61 bits per heavy atom. The predicted molar refractivity (Wildman–Crippen MR) is 121 cm³/mol. The Morgan fingerprint density at radius 1 is 0.935 bits per heavy atom. The molecule has 1 amide bonds. The van der Waals surface area contributed by atoms with Crippen LogP contribution in [0.25, 0.3) is 0 Å². The number of amides is 1. The number of para-hydroxylation sites is 2. The number of anilines is 2. The molecule has 0 heterocycles. The third-order valence-electron chi connectivity index (χ3n) is 4.82. The SMILES string of the molecule is CON(C)S(=O)(=O)c1cccc(C(=O)Nc2ccccc2N(C)Cc2ccccc2)c1. The van der Waals surface area contributed by atoms with Crippen molar-refractivity contribution in [1.82, 2.24) is 4.47 Å². The van der Waals surface area contributed by atoms with E-state index in [0.717, 1.165) is 15.7 Å². The second-order valence-electron chi connectivity index (χ2n) is 6.94. The molecule has 31 heavy (non-hydrogen) atoms. The van der Waals surface area contributed by atoms with Crippen LogP contribution in [0.4, 0.5) is 11.4 Å². The molecule has 0 radical (unpaired) electrons. The van der Waals surface area contributed by atoms with Gasteiger partial charge >= 0.3 is 0 Å². The first kappa shape index (κ1) is 22.5. The summed E-state index contributed by atoms with van der Waals surface area (Å²) in [5.74, 6) is -0.405. The van der Waals surface area contributed by atoms with Crippen molar-refractivity contribution in [1.29, 1.82) is 0 Å². The summed E-state index contributed by atoms with van der Waals surface area (Å²) in [5, 5.41) is 2.90. The van der Waals surface area contributed by atoms with Gasteiger partial charge in [0.05, 0.1) is 23.4 Å². The van der Waals surface area contributed by atoms with Crippen LogP contribution in [-0.4, -0.2) is 40.0 Å². The summed E-state index contributed by atoms with van der Waals surface area (Å²) in [5.41, 5.74) is 2.85. The molecule has 8 heteroatoms. The minimum atomic E-state index is -3.85. The Labute approximate surface area is 182 Å². The van der Waals surface area contributed by atoms with E-state index >= 15 is 0 Å². The van der Waals surface area contributed by atoms with Gasteiger partial charge in [0.15, 0.2) is 0 Å². The number of benzene rings is 3. The van der Waals surface area contributed by atoms with Crippen molar-refractivity contribution in [3.8, 4) is 0 Å². The molecule has 0 saturated heterocycles. The summed E-state index contributed by atoms with van der Waals surface area (Å²) in [6.45, 7) is 0.671. The molecule has 162 valence electrons. The van der Waals surface area contributed by atoms with Gasteiger partial charge in [0, 0.05) is 26.2 Å². The monoisotopic (exact) mass is 439 g/mol. The van der Waals surface area contributed by atoms with Crippen LogP contribution in [0.5, 0.6) is 0 Å². The number of rotatable bonds is 8. The van der Waals surface area contributed by atoms with E-state index in [1.165, 1.54) is 32.4 Å². The van der Waals surface area contributed by atoms with Crippen molar-refractivity contribution < 1.29 is 18.0 Å². The van der Waals surface area contributed by atoms with Crippen molar-refractivity contribution in [2.45, 2.75) is 11.4 Å². The summed E-state index contributed by atoms with van der Waals surface area (Å²) in [6, 6.07) is 23.3. The fourth-order valence-electron chi connectivity index (χ4n) is 3.09. The van der Waals surface area contributed by atoms with Crippen LogP contribution in [-0.2, 0) is 21.4 Å². The molecule has 0 aliphatic carbocycles. The molecular weight excluding hydrogens is 414 g/mol. The molecule has 3 rings (SSSR count). The summed E-state index contributed by atoms with van der Waals surface area (Å²) in [6.07, 6.45) is 0. The van der Waals surface area contributed by atoms with Gasteiger partial charge in [-0.2, -0.15) is 0 Å². The molecule has 3 aromatic carbocycles. The van der Waals surface area contributed by atoms with E-state index in [4.69, 9.17) is 4.84 Å². The normalized spacial score (nSPS) is 11.4. The van der Waals surface area contributed by atoms with E-state index in [1.54, 1.807) is 6.07 Å². The van der Waals surface area contributed by atoms with Crippen molar-refractivity contribution >= 4 is 27.3 Å². The fraction of sp³-hybridized carbons (Fsp3) is 0.174. The van der Waals surface area contributed by atoms with Gasteiger partial charge in [-0.25, -0.2) is 8.42 Å². The van der Waals surface area contributed by atoms with Crippen LogP contribution < -0.4 is 10.2 Å². The quantitative estimate of drug-likeness (QED) is 0.541. The summed E-state index contributed by atoms with van der Waals surface area (Å²) in [7, 11) is 0.652. The lowest BCUT2D eigenvalue weighted by Crippen LogP contribution is -2.26. The van der Waals surface area contributed by atoms with Crippen LogP contribution in [0.2, 0.25) is 0 Å². The first-order valence-electron chi connectivity index (χ1n) is 9.61.